The lowest BCUT2D eigenvalue weighted by Gasteiger charge is -2.37. The molecule has 0 aromatic heterocycles. The summed E-state index contributed by atoms with van der Waals surface area (Å²) in [7, 11) is 1.50. The van der Waals surface area contributed by atoms with Crippen molar-refractivity contribution in [2.75, 3.05) is 0 Å². The number of hydrogen-bond donors (Lipinski definition) is 0. The topological polar surface area (TPSA) is 0 Å². The van der Waals surface area contributed by atoms with E-state index in [1.165, 1.54) is 51.3 Å². The van der Waals surface area contributed by atoms with Crippen molar-refractivity contribution in [1.82, 2.24) is 0 Å². The normalized spacial score (nSPS) is 62.0. The van der Waals surface area contributed by atoms with E-state index >= 15 is 0 Å². The van der Waals surface area contributed by atoms with E-state index in [9.17, 15) is 0 Å². The molecule has 7 unspecified atom stereocenters. The van der Waals surface area contributed by atoms with Crippen LogP contribution in [-0.4, -0.2) is 10.2 Å². The van der Waals surface area contributed by atoms with Crippen LogP contribution in [0.3, 0.4) is 0 Å². The van der Waals surface area contributed by atoms with Crippen molar-refractivity contribution in [2.24, 2.45) is 35.5 Å². The fourth-order valence-electron chi connectivity index (χ4n) is 6.13. The SMILES string of the molecule is [SiH3]C1C2CCC(C2)C1C1CC2CCC1C2. The molecule has 0 N–H and O–H groups in total. The zero-order chi connectivity index (χ0) is 9.99. The summed E-state index contributed by atoms with van der Waals surface area (Å²) in [5.74, 6) is 7.20. The van der Waals surface area contributed by atoms with Crippen molar-refractivity contribution in [1.29, 1.82) is 0 Å². The molecule has 4 rings (SSSR count). The maximum atomic E-state index is 1.65. The number of hydrogen-bond acceptors (Lipinski definition) is 0. The third-order valence-electron chi connectivity index (χ3n) is 6.70. The molecule has 4 aliphatic rings. The average molecular weight is 220 g/mol. The van der Waals surface area contributed by atoms with Crippen LogP contribution in [0, 0.1) is 35.5 Å². The van der Waals surface area contributed by atoms with Gasteiger partial charge in [-0.05, 0) is 73.2 Å². The van der Waals surface area contributed by atoms with Crippen molar-refractivity contribution >= 4 is 10.2 Å². The number of rotatable bonds is 1. The molecule has 1 heteroatoms. The molecule has 0 nitrogen and oxygen atoms in total. The van der Waals surface area contributed by atoms with Gasteiger partial charge in [0.25, 0.3) is 0 Å². The van der Waals surface area contributed by atoms with Gasteiger partial charge in [0.05, 0.1) is 0 Å². The molecule has 0 spiro atoms. The molecular formula is C14H24Si. The van der Waals surface area contributed by atoms with Gasteiger partial charge in [-0.1, -0.05) is 12.8 Å². The molecule has 0 amide bonds. The van der Waals surface area contributed by atoms with Crippen molar-refractivity contribution in [3.05, 3.63) is 0 Å². The average Bonchev–Trinajstić information content (AvgIpc) is 2.96. The van der Waals surface area contributed by atoms with E-state index in [4.69, 9.17) is 0 Å². The molecule has 0 aliphatic heterocycles. The third kappa shape index (κ3) is 1.19. The van der Waals surface area contributed by atoms with Gasteiger partial charge in [0.2, 0.25) is 0 Å². The van der Waals surface area contributed by atoms with Gasteiger partial charge in [-0.15, -0.1) is 0 Å². The summed E-state index contributed by atoms with van der Waals surface area (Å²) in [5, 5.41) is 0. The Hall–Kier alpha value is 0.217. The fraction of sp³-hybridized carbons (Fsp3) is 1.00. The summed E-state index contributed by atoms with van der Waals surface area (Å²) in [5.41, 5.74) is 1.23. The molecule has 4 saturated carbocycles. The van der Waals surface area contributed by atoms with Crippen LogP contribution in [-0.2, 0) is 0 Å². The number of fused-ring (bicyclic) bond motifs is 4. The highest BCUT2D eigenvalue weighted by molar-refractivity contribution is 6.12. The van der Waals surface area contributed by atoms with Crippen molar-refractivity contribution in [2.45, 2.75) is 50.5 Å². The van der Waals surface area contributed by atoms with Crippen LogP contribution in [0.5, 0.6) is 0 Å². The lowest BCUT2D eigenvalue weighted by atomic mass is 9.72. The minimum Gasteiger partial charge on any atom is -0.0502 e. The second-order valence-corrected chi connectivity index (χ2v) is 8.44. The molecule has 84 valence electrons. The summed E-state index contributed by atoms with van der Waals surface area (Å²) in [6.45, 7) is 0. The molecular weight excluding hydrogens is 196 g/mol. The van der Waals surface area contributed by atoms with Gasteiger partial charge in [0.15, 0.2) is 0 Å². The van der Waals surface area contributed by atoms with Crippen molar-refractivity contribution in [3.8, 4) is 0 Å². The Bertz CT molecular complexity index is 273. The highest BCUT2D eigenvalue weighted by Crippen LogP contribution is 2.63. The molecule has 4 bridgehead atoms. The zero-order valence-electron chi connectivity index (χ0n) is 9.99. The van der Waals surface area contributed by atoms with E-state index < -0.39 is 0 Å². The molecule has 0 radical (unpaired) electrons. The van der Waals surface area contributed by atoms with Gasteiger partial charge < -0.3 is 0 Å². The zero-order valence-corrected chi connectivity index (χ0v) is 12.0. The second-order valence-electron chi connectivity index (χ2n) is 7.11. The standard InChI is InChI=1S/C14H24Si/c15-14-11-4-3-10(7-11)13(14)12-6-8-1-2-9(12)5-8/h8-14H,1-7H2,15H3. The van der Waals surface area contributed by atoms with E-state index in [0.717, 1.165) is 0 Å². The highest BCUT2D eigenvalue weighted by Gasteiger charge is 2.53. The van der Waals surface area contributed by atoms with Gasteiger partial charge in [-0.2, -0.15) is 0 Å². The van der Waals surface area contributed by atoms with E-state index in [-0.39, 0.29) is 0 Å². The molecule has 0 aromatic carbocycles. The minimum absolute atomic E-state index is 1.17. The fourth-order valence-corrected chi connectivity index (χ4v) is 7.77. The molecule has 0 saturated heterocycles. The van der Waals surface area contributed by atoms with Crippen LogP contribution in [0.4, 0.5) is 0 Å². The van der Waals surface area contributed by atoms with E-state index in [2.05, 4.69) is 0 Å². The quantitative estimate of drug-likeness (QED) is 0.596. The second kappa shape index (κ2) is 3.12. The Balaban J connectivity index is 1.58. The first-order chi connectivity index (χ1) is 7.33. The van der Waals surface area contributed by atoms with Gasteiger partial charge >= 0.3 is 0 Å². The van der Waals surface area contributed by atoms with Crippen molar-refractivity contribution in [3.63, 3.8) is 0 Å². The van der Waals surface area contributed by atoms with Gasteiger partial charge in [0.1, 0.15) is 0 Å². The van der Waals surface area contributed by atoms with E-state index in [1.54, 1.807) is 44.9 Å². The largest absolute Gasteiger partial charge is 0.0502 e. The summed E-state index contributed by atoms with van der Waals surface area (Å²) in [4.78, 5) is 0. The molecule has 4 fully saturated rings. The van der Waals surface area contributed by atoms with E-state index in [1.807, 2.05) is 0 Å². The van der Waals surface area contributed by atoms with Crippen LogP contribution < -0.4 is 0 Å². The molecule has 4 aliphatic carbocycles. The summed E-state index contributed by atoms with van der Waals surface area (Å²) in [6, 6.07) is 0. The highest BCUT2D eigenvalue weighted by atomic mass is 28.1. The first-order valence-electron chi connectivity index (χ1n) is 7.33. The predicted octanol–water partition coefficient (Wildman–Crippen LogP) is 2.62. The van der Waals surface area contributed by atoms with Gasteiger partial charge in [-0.25, -0.2) is 0 Å². The van der Waals surface area contributed by atoms with Crippen molar-refractivity contribution < 1.29 is 0 Å². The molecule has 0 heterocycles. The minimum atomic E-state index is 1.17. The predicted molar refractivity (Wildman–Crippen MR) is 66.9 cm³/mol. The summed E-state index contributed by atoms with van der Waals surface area (Å²) < 4.78 is 0. The maximum absolute atomic E-state index is 1.65. The lowest BCUT2D eigenvalue weighted by molar-refractivity contribution is 0.164. The molecule has 0 aromatic rings. The molecule has 7 atom stereocenters. The smallest absolute Gasteiger partial charge is 0.00746 e. The lowest BCUT2D eigenvalue weighted by Crippen LogP contribution is -2.29. The summed E-state index contributed by atoms with van der Waals surface area (Å²) in [6.07, 6.45) is 11.3. The third-order valence-corrected chi connectivity index (χ3v) is 8.41. The Morgan fingerprint density at radius 1 is 0.733 bits per heavy atom. The van der Waals surface area contributed by atoms with Crippen LogP contribution in [0.15, 0.2) is 0 Å². The van der Waals surface area contributed by atoms with Gasteiger partial charge in [-0.3, -0.25) is 0 Å². The maximum Gasteiger partial charge on any atom is 0.00746 e. The van der Waals surface area contributed by atoms with Gasteiger partial charge in [0, 0.05) is 10.2 Å². The Labute approximate surface area is 96.6 Å². The Kier molecular flexibility index (Phi) is 1.93. The monoisotopic (exact) mass is 220 g/mol. The Morgan fingerprint density at radius 2 is 1.53 bits per heavy atom. The first kappa shape index (κ1) is 9.27. The van der Waals surface area contributed by atoms with Crippen LogP contribution in [0.25, 0.3) is 0 Å². The summed E-state index contributed by atoms with van der Waals surface area (Å²) >= 11 is 0. The Morgan fingerprint density at radius 3 is 2.13 bits per heavy atom. The molecule has 15 heavy (non-hydrogen) atoms. The van der Waals surface area contributed by atoms with Crippen LogP contribution in [0.1, 0.15) is 44.9 Å². The first-order valence-corrected chi connectivity index (χ1v) is 8.48. The van der Waals surface area contributed by atoms with Crippen LogP contribution in [0.2, 0.25) is 5.54 Å². The van der Waals surface area contributed by atoms with Crippen LogP contribution >= 0.6 is 0 Å². The van der Waals surface area contributed by atoms with E-state index in [0.29, 0.717) is 0 Å².